The highest BCUT2D eigenvalue weighted by molar-refractivity contribution is 5.81. The maximum atomic E-state index is 12.7. The van der Waals surface area contributed by atoms with E-state index in [-0.39, 0.29) is 23.5 Å². The SMILES string of the molecule is O=C1NC2(CO1)CC(C(=O)N1CCC(c3ccc(C4CC4)cc3)CC1)C2. The van der Waals surface area contributed by atoms with Crippen molar-refractivity contribution in [3.8, 4) is 0 Å². The monoisotopic (exact) mass is 354 g/mol. The Balaban J connectivity index is 1.13. The van der Waals surface area contributed by atoms with Gasteiger partial charge >= 0.3 is 6.09 Å². The third kappa shape index (κ3) is 2.87. The Hall–Kier alpha value is -2.04. The fourth-order valence-corrected chi connectivity index (χ4v) is 4.92. The number of carbonyl (C=O) groups excluding carboxylic acids is 2. The van der Waals surface area contributed by atoms with Crippen molar-refractivity contribution in [3.63, 3.8) is 0 Å². The lowest BCUT2D eigenvalue weighted by molar-refractivity contribution is -0.142. The van der Waals surface area contributed by atoms with E-state index in [0.29, 0.717) is 12.5 Å². The average molecular weight is 354 g/mol. The molecule has 0 radical (unpaired) electrons. The Morgan fingerprint density at radius 3 is 2.08 bits per heavy atom. The molecule has 0 bridgehead atoms. The van der Waals surface area contributed by atoms with Crippen LogP contribution in [0, 0.1) is 5.92 Å². The lowest BCUT2D eigenvalue weighted by Crippen LogP contribution is -2.58. The highest BCUT2D eigenvalue weighted by Crippen LogP contribution is 2.43. The number of rotatable bonds is 3. The number of benzene rings is 1. The van der Waals surface area contributed by atoms with E-state index in [2.05, 4.69) is 29.6 Å². The molecule has 5 nitrogen and oxygen atoms in total. The lowest BCUT2D eigenvalue weighted by atomic mass is 9.68. The number of cyclic esters (lactones) is 1. The van der Waals surface area contributed by atoms with Gasteiger partial charge in [-0.1, -0.05) is 24.3 Å². The Labute approximate surface area is 154 Å². The molecule has 5 heteroatoms. The fourth-order valence-electron chi connectivity index (χ4n) is 4.92. The van der Waals surface area contributed by atoms with Crippen molar-refractivity contribution in [1.29, 1.82) is 0 Å². The summed E-state index contributed by atoms with van der Waals surface area (Å²) in [6.45, 7) is 2.11. The van der Waals surface area contributed by atoms with Crippen molar-refractivity contribution in [3.05, 3.63) is 35.4 Å². The summed E-state index contributed by atoms with van der Waals surface area (Å²) < 4.78 is 5.00. The second kappa shape index (κ2) is 6.00. The molecule has 2 aliphatic heterocycles. The molecule has 2 saturated heterocycles. The molecule has 2 heterocycles. The molecule has 1 N–H and O–H groups in total. The van der Waals surface area contributed by atoms with Gasteiger partial charge in [0.25, 0.3) is 0 Å². The van der Waals surface area contributed by atoms with Crippen LogP contribution in [-0.4, -0.2) is 42.1 Å². The van der Waals surface area contributed by atoms with Crippen LogP contribution in [-0.2, 0) is 9.53 Å². The Kier molecular flexibility index (Phi) is 3.73. The first-order valence-corrected chi connectivity index (χ1v) is 9.95. The van der Waals surface area contributed by atoms with E-state index in [1.807, 2.05) is 4.90 Å². The van der Waals surface area contributed by atoms with E-state index < -0.39 is 0 Å². The Morgan fingerprint density at radius 2 is 1.58 bits per heavy atom. The normalized spacial score (nSPS) is 31.5. The van der Waals surface area contributed by atoms with E-state index in [9.17, 15) is 9.59 Å². The van der Waals surface area contributed by atoms with Crippen molar-refractivity contribution in [2.45, 2.75) is 55.9 Å². The lowest BCUT2D eigenvalue weighted by Gasteiger charge is -2.45. The van der Waals surface area contributed by atoms with Gasteiger partial charge in [0.2, 0.25) is 5.91 Å². The quantitative estimate of drug-likeness (QED) is 0.907. The van der Waals surface area contributed by atoms with Crippen molar-refractivity contribution in [1.82, 2.24) is 10.2 Å². The van der Waals surface area contributed by atoms with Gasteiger partial charge in [-0.2, -0.15) is 0 Å². The first kappa shape index (κ1) is 16.2. The zero-order valence-corrected chi connectivity index (χ0v) is 15.1. The van der Waals surface area contributed by atoms with Crippen LogP contribution in [0.15, 0.2) is 24.3 Å². The molecule has 26 heavy (non-hydrogen) atoms. The molecule has 2 saturated carbocycles. The Morgan fingerprint density at radius 1 is 1.00 bits per heavy atom. The van der Waals surface area contributed by atoms with Gasteiger partial charge in [-0.3, -0.25) is 4.79 Å². The molecule has 4 aliphatic rings. The molecule has 2 aliphatic carbocycles. The number of hydrogen-bond donors (Lipinski definition) is 1. The zero-order chi connectivity index (χ0) is 17.7. The van der Waals surface area contributed by atoms with Gasteiger partial charge in [0.15, 0.2) is 0 Å². The summed E-state index contributed by atoms with van der Waals surface area (Å²) in [6, 6.07) is 9.20. The molecule has 138 valence electrons. The van der Waals surface area contributed by atoms with Gasteiger partial charge in [0.1, 0.15) is 6.61 Å². The summed E-state index contributed by atoms with van der Waals surface area (Å²) >= 11 is 0. The summed E-state index contributed by atoms with van der Waals surface area (Å²) in [5.74, 6) is 1.69. The number of hydrogen-bond acceptors (Lipinski definition) is 3. The second-order valence-electron chi connectivity index (χ2n) is 8.63. The van der Waals surface area contributed by atoms with Crippen LogP contribution in [0.4, 0.5) is 4.79 Å². The molecular formula is C21H26N2O3. The van der Waals surface area contributed by atoms with E-state index in [0.717, 1.165) is 44.7 Å². The number of ether oxygens (including phenoxy) is 1. The number of amides is 2. The molecule has 0 atom stereocenters. The number of likely N-dealkylation sites (tertiary alicyclic amines) is 1. The Bertz CT molecular complexity index is 711. The van der Waals surface area contributed by atoms with E-state index >= 15 is 0 Å². The van der Waals surface area contributed by atoms with Crippen molar-refractivity contribution >= 4 is 12.0 Å². The van der Waals surface area contributed by atoms with Gasteiger partial charge in [-0.05, 0) is 61.5 Å². The first-order chi connectivity index (χ1) is 12.6. The number of nitrogens with one attached hydrogen (secondary N) is 1. The average Bonchev–Trinajstić information content (AvgIpc) is 3.42. The largest absolute Gasteiger partial charge is 0.447 e. The van der Waals surface area contributed by atoms with Crippen molar-refractivity contribution in [2.75, 3.05) is 19.7 Å². The third-order valence-corrected chi connectivity index (χ3v) is 6.73. The highest BCUT2D eigenvalue weighted by atomic mass is 16.6. The van der Waals surface area contributed by atoms with Crippen LogP contribution < -0.4 is 5.32 Å². The predicted octanol–water partition coefficient (Wildman–Crippen LogP) is 3.16. The number of alkyl carbamates (subject to hydrolysis) is 1. The van der Waals surface area contributed by atoms with Crippen molar-refractivity contribution in [2.24, 2.45) is 5.92 Å². The molecule has 1 aromatic carbocycles. The first-order valence-electron chi connectivity index (χ1n) is 9.95. The van der Waals surface area contributed by atoms with Crippen LogP contribution in [0.3, 0.4) is 0 Å². The van der Waals surface area contributed by atoms with Gasteiger partial charge in [-0.25, -0.2) is 4.79 Å². The summed E-state index contributed by atoms with van der Waals surface area (Å²) in [6.07, 6.45) is 5.89. The molecule has 2 amide bonds. The number of piperidine rings is 1. The maximum Gasteiger partial charge on any atom is 0.407 e. The minimum absolute atomic E-state index is 0.0476. The van der Waals surface area contributed by atoms with Gasteiger partial charge < -0.3 is 15.0 Å². The van der Waals surface area contributed by atoms with Gasteiger partial charge in [-0.15, -0.1) is 0 Å². The highest BCUT2D eigenvalue weighted by Gasteiger charge is 2.53. The summed E-state index contributed by atoms with van der Waals surface area (Å²) in [5.41, 5.74) is 2.65. The molecule has 1 aromatic rings. The van der Waals surface area contributed by atoms with Gasteiger partial charge in [0.05, 0.1) is 5.54 Å². The molecule has 0 aromatic heterocycles. The topological polar surface area (TPSA) is 58.6 Å². The number of nitrogens with zero attached hydrogens (tertiary/aromatic N) is 1. The summed E-state index contributed by atoms with van der Waals surface area (Å²) in [7, 11) is 0. The molecule has 5 rings (SSSR count). The fraction of sp³-hybridized carbons (Fsp3) is 0.619. The smallest absolute Gasteiger partial charge is 0.407 e. The number of carbonyl (C=O) groups is 2. The minimum atomic E-state index is -0.343. The zero-order valence-electron chi connectivity index (χ0n) is 15.1. The van der Waals surface area contributed by atoms with E-state index in [1.165, 1.54) is 24.0 Å². The van der Waals surface area contributed by atoms with E-state index in [4.69, 9.17) is 4.74 Å². The van der Waals surface area contributed by atoms with Crippen LogP contribution >= 0.6 is 0 Å². The summed E-state index contributed by atoms with van der Waals surface area (Å²) in [4.78, 5) is 26.0. The second-order valence-corrected chi connectivity index (χ2v) is 8.63. The van der Waals surface area contributed by atoms with Crippen LogP contribution in [0.1, 0.15) is 61.5 Å². The molecule has 1 spiro atoms. The maximum absolute atomic E-state index is 12.7. The van der Waals surface area contributed by atoms with Crippen LogP contribution in [0.5, 0.6) is 0 Å². The summed E-state index contributed by atoms with van der Waals surface area (Å²) in [5, 5.41) is 2.87. The van der Waals surface area contributed by atoms with Crippen molar-refractivity contribution < 1.29 is 14.3 Å². The molecule has 0 unspecified atom stereocenters. The standard InChI is InChI=1S/C21H26N2O3/c24-19(18-11-21(12-18)13-26-20(25)22-21)23-9-7-17(8-10-23)16-5-3-15(4-6-16)14-1-2-14/h3-6,14,17-18H,1-2,7-13H2,(H,22,25). The minimum Gasteiger partial charge on any atom is -0.447 e. The molecular weight excluding hydrogens is 328 g/mol. The van der Waals surface area contributed by atoms with Crippen LogP contribution in [0.2, 0.25) is 0 Å². The molecule has 4 fully saturated rings. The van der Waals surface area contributed by atoms with E-state index in [1.54, 1.807) is 0 Å². The predicted molar refractivity (Wildman–Crippen MR) is 96.9 cm³/mol. The van der Waals surface area contributed by atoms with Crippen LogP contribution in [0.25, 0.3) is 0 Å². The van der Waals surface area contributed by atoms with Gasteiger partial charge in [0, 0.05) is 19.0 Å². The third-order valence-electron chi connectivity index (χ3n) is 6.73.